The van der Waals surface area contributed by atoms with Gasteiger partial charge in [0.2, 0.25) is 11.7 Å². The number of imidazole rings is 1. The molecule has 8 heteroatoms. The largest absolute Gasteiger partial charge is 0.352 e. The summed E-state index contributed by atoms with van der Waals surface area (Å²) in [6.45, 7) is 2.74. The first-order valence-electron chi connectivity index (χ1n) is 8.88. The van der Waals surface area contributed by atoms with E-state index in [1.165, 1.54) is 0 Å². The molecular formula is C18H19N7O. The van der Waals surface area contributed by atoms with Crippen LogP contribution in [-0.4, -0.2) is 49.9 Å². The maximum Gasteiger partial charge on any atom is 0.254 e. The lowest BCUT2D eigenvalue weighted by molar-refractivity contribution is 0.0951. The normalized spacial score (nSPS) is 23.8. The third kappa shape index (κ3) is 2.67. The van der Waals surface area contributed by atoms with E-state index in [1.54, 1.807) is 41.6 Å². The molecule has 2 aliphatic rings. The number of fused-ring (bicyclic) bond motifs is 2. The predicted molar refractivity (Wildman–Crippen MR) is 94.7 cm³/mol. The van der Waals surface area contributed by atoms with E-state index in [0.717, 1.165) is 25.5 Å². The van der Waals surface area contributed by atoms with E-state index in [2.05, 4.69) is 30.2 Å². The number of carbonyl (C=O) groups is 1. The fourth-order valence-corrected chi connectivity index (χ4v) is 4.08. The lowest BCUT2D eigenvalue weighted by atomic mass is 10.2. The smallest absolute Gasteiger partial charge is 0.254 e. The second-order valence-electron chi connectivity index (χ2n) is 6.97. The van der Waals surface area contributed by atoms with Crippen molar-refractivity contribution in [2.75, 3.05) is 24.5 Å². The van der Waals surface area contributed by atoms with Gasteiger partial charge in [0.25, 0.3) is 5.91 Å². The Bertz CT molecular complexity index is 929. The van der Waals surface area contributed by atoms with E-state index in [9.17, 15) is 4.79 Å². The molecule has 3 aromatic rings. The van der Waals surface area contributed by atoms with Crippen LogP contribution in [0.2, 0.25) is 0 Å². The Morgan fingerprint density at radius 2 is 1.92 bits per heavy atom. The minimum atomic E-state index is -0.0850. The molecule has 26 heavy (non-hydrogen) atoms. The molecule has 0 spiro atoms. The number of carbonyl (C=O) groups excluding carboxylic acids is 1. The van der Waals surface area contributed by atoms with Crippen LogP contribution in [0.5, 0.6) is 0 Å². The summed E-state index contributed by atoms with van der Waals surface area (Å²) in [6.07, 6.45) is 11.4. The molecule has 1 aliphatic heterocycles. The zero-order valence-corrected chi connectivity index (χ0v) is 14.2. The molecule has 8 nitrogen and oxygen atoms in total. The standard InChI is InChI=1S/C18H19N7O/c26-16(12-8-23-18-22-6-7-24(18)9-12)19-5-2-13-14-10-25(11-15(13)14)17-20-3-1-4-21-17/h1,3-4,6-9,13-15H,2,5,10-11H2,(H,19,26). The molecule has 5 rings (SSSR count). The molecule has 1 saturated heterocycles. The van der Waals surface area contributed by atoms with Gasteiger partial charge in [0.1, 0.15) is 0 Å². The van der Waals surface area contributed by atoms with Crippen LogP contribution in [0.3, 0.4) is 0 Å². The van der Waals surface area contributed by atoms with Crippen molar-refractivity contribution in [2.45, 2.75) is 6.42 Å². The molecule has 0 aromatic carbocycles. The lowest BCUT2D eigenvalue weighted by Crippen LogP contribution is -2.28. The van der Waals surface area contributed by atoms with Crippen LogP contribution in [0.15, 0.2) is 43.2 Å². The van der Waals surface area contributed by atoms with Gasteiger partial charge in [-0.1, -0.05) is 0 Å². The lowest BCUT2D eigenvalue weighted by Gasteiger charge is -2.19. The van der Waals surface area contributed by atoms with Gasteiger partial charge in [0.15, 0.2) is 0 Å². The third-order valence-electron chi connectivity index (χ3n) is 5.48. The van der Waals surface area contributed by atoms with Crippen LogP contribution >= 0.6 is 0 Å². The highest BCUT2D eigenvalue weighted by atomic mass is 16.1. The first kappa shape index (κ1) is 15.2. The Morgan fingerprint density at radius 1 is 1.12 bits per heavy atom. The van der Waals surface area contributed by atoms with Gasteiger partial charge in [0, 0.05) is 56.8 Å². The summed E-state index contributed by atoms with van der Waals surface area (Å²) in [5, 5.41) is 3.01. The molecule has 2 atom stereocenters. The van der Waals surface area contributed by atoms with Crippen molar-refractivity contribution in [1.82, 2.24) is 29.7 Å². The van der Waals surface area contributed by atoms with Crippen LogP contribution in [0, 0.1) is 17.8 Å². The number of piperidine rings is 1. The number of hydrogen-bond acceptors (Lipinski definition) is 6. The number of aromatic nitrogens is 5. The Balaban J connectivity index is 1.10. The Morgan fingerprint density at radius 3 is 2.73 bits per heavy atom. The van der Waals surface area contributed by atoms with Crippen molar-refractivity contribution in [1.29, 1.82) is 0 Å². The van der Waals surface area contributed by atoms with Crippen molar-refractivity contribution >= 4 is 17.6 Å². The minimum Gasteiger partial charge on any atom is -0.352 e. The summed E-state index contributed by atoms with van der Waals surface area (Å²) in [6, 6.07) is 1.84. The Labute approximate surface area is 150 Å². The van der Waals surface area contributed by atoms with Crippen molar-refractivity contribution in [3.63, 3.8) is 0 Å². The van der Waals surface area contributed by atoms with Crippen LogP contribution in [0.1, 0.15) is 16.8 Å². The van der Waals surface area contributed by atoms with Crippen LogP contribution in [-0.2, 0) is 0 Å². The second-order valence-corrected chi connectivity index (χ2v) is 6.97. The SMILES string of the molecule is O=C(NCCC1C2CN(c3ncccn3)CC12)c1cnc2nccn2c1. The summed E-state index contributed by atoms with van der Waals surface area (Å²) in [4.78, 5) is 31.4. The molecule has 2 fully saturated rings. The predicted octanol–water partition coefficient (Wildman–Crippen LogP) is 1.02. The monoisotopic (exact) mass is 349 g/mol. The topological polar surface area (TPSA) is 88.3 Å². The van der Waals surface area contributed by atoms with Gasteiger partial charge in [-0.2, -0.15) is 0 Å². The first-order valence-corrected chi connectivity index (χ1v) is 8.88. The number of rotatable bonds is 5. The number of nitrogens with one attached hydrogen (secondary N) is 1. The Kier molecular flexibility index (Phi) is 3.55. The van der Waals surface area contributed by atoms with E-state index >= 15 is 0 Å². The number of nitrogens with zero attached hydrogens (tertiary/aromatic N) is 6. The minimum absolute atomic E-state index is 0.0850. The molecule has 1 amide bonds. The highest BCUT2D eigenvalue weighted by Gasteiger charge is 2.55. The number of hydrogen-bond donors (Lipinski definition) is 1. The van der Waals surface area contributed by atoms with E-state index in [4.69, 9.17) is 0 Å². The molecule has 4 heterocycles. The fourth-order valence-electron chi connectivity index (χ4n) is 4.08. The Hall–Kier alpha value is -3.03. The van der Waals surface area contributed by atoms with Crippen molar-refractivity contribution < 1.29 is 4.79 Å². The van der Waals surface area contributed by atoms with Gasteiger partial charge in [0.05, 0.1) is 5.56 Å². The van der Waals surface area contributed by atoms with E-state index in [-0.39, 0.29) is 5.91 Å². The number of amides is 1. The summed E-state index contributed by atoms with van der Waals surface area (Å²) in [5.74, 6) is 3.45. The molecule has 2 unspecified atom stereocenters. The molecule has 0 radical (unpaired) electrons. The molecule has 3 aromatic heterocycles. The molecule has 1 saturated carbocycles. The summed E-state index contributed by atoms with van der Waals surface area (Å²) in [5.41, 5.74) is 0.555. The van der Waals surface area contributed by atoms with E-state index in [1.807, 2.05) is 6.07 Å². The molecule has 132 valence electrons. The van der Waals surface area contributed by atoms with E-state index in [0.29, 0.717) is 35.6 Å². The highest BCUT2D eigenvalue weighted by Crippen LogP contribution is 2.53. The van der Waals surface area contributed by atoms with Crippen molar-refractivity contribution in [2.24, 2.45) is 17.8 Å². The quantitative estimate of drug-likeness (QED) is 0.740. The first-order chi connectivity index (χ1) is 12.8. The fraction of sp³-hybridized carbons (Fsp3) is 0.389. The average molecular weight is 349 g/mol. The average Bonchev–Trinajstić information content (AvgIpc) is 3.07. The van der Waals surface area contributed by atoms with Crippen molar-refractivity contribution in [3.05, 3.63) is 48.8 Å². The maximum atomic E-state index is 12.3. The van der Waals surface area contributed by atoms with Gasteiger partial charge in [-0.3, -0.25) is 9.20 Å². The van der Waals surface area contributed by atoms with Gasteiger partial charge in [-0.05, 0) is 30.2 Å². The van der Waals surface area contributed by atoms with Gasteiger partial charge in [-0.25, -0.2) is 19.9 Å². The van der Waals surface area contributed by atoms with Crippen molar-refractivity contribution in [3.8, 4) is 0 Å². The molecule has 1 N–H and O–H groups in total. The molecule has 0 bridgehead atoms. The second kappa shape index (κ2) is 6.05. The van der Waals surface area contributed by atoms with Gasteiger partial charge >= 0.3 is 0 Å². The third-order valence-corrected chi connectivity index (χ3v) is 5.48. The molecular weight excluding hydrogens is 330 g/mol. The highest BCUT2D eigenvalue weighted by molar-refractivity contribution is 5.93. The maximum absolute atomic E-state index is 12.3. The van der Waals surface area contributed by atoms with E-state index < -0.39 is 0 Å². The molecule has 1 aliphatic carbocycles. The summed E-state index contributed by atoms with van der Waals surface area (Å²) in [7, 11) is 0. The summed E-state index contributed by atoms with van der Waals surface area (Å²) >= 11 is 0. The zero-order valence-electron chi connectivity index (χ0n) is 14.2. The van der Waals surface area contributed by atoms with Gasteiger partial charge < -0.3 is 10.2 Å². The van der Waals surface area contributed by atoms with Crippen LogP contribution in [0.25, 0.3) is 5.78 Å². The summed E-state index contributed by atoms with van der Waals surface area (Å²) < 4.78 is 1.75. The van der Waals surface area contributed by atoms with Crippen LogP contribution < -0.4 is 10.2 Å². The van der Waals surface area contributed by atoms with Crippen LogP contribution in [0.4, 0.5) is 5.95 Å². The van der Waals surface area contributed by atoms with Gasteiger partial charge in [-0.15, -0.1) is 0 Å². The zero-order chi connectivity index (χ0) is 17.5. The number of anilines is 1.